The third-order valence-corrected chi connectivity index (χ3v) is 6.74. The van der Waals surface area contributed by atoms with Crippen LogP contribution in [0.3, 0.4) is 0 Å². The van der Waals surface area contributed by atoms with E-state index in [-0.39, 0.29) is 0 Å². The molecule has 4 bridgehead atoms. The summed E-state index contributed by atoms with van der Waals surface area (Å²) in [5, 5.41) is 13.3. The van der Waals surface area contributed by atoms with Gasteiger partial charge in [0.1, 0.15) is 5.54 Å². The molecule has 0 heterocycles. The van der Waals surface area contributed by atoms with E-state index in [1.54, 1.807) is 0 Å². The molecular weight excluding hydrogens is 238 g/mol. The maximum Gasteiger partial charge on any atom is 0.324 e. The molecule has 3 heteroatoms. The second-order valence-corrected chi connectivity index (χ2v) is 7.65. The van der Waals surface area contributed by atoms with Crippen molar-refractivity contribution in [2.75, 3.05) is 7.05 Å². The lowest BCUT2D eigenvalue weighted by Crippen LogP contribution is -2.65. The van der Waals surface area contributed by atoms with E-state index in [2.05, 4.69) is 5.32 Å². The molecule has 0 radical (unpaired) electrons. The van der Waals surface area contributed by atoms with E-state index in [0.717, 1.165) is 24.7 Å². The Morgan fingerprint density at radius 2 is 1.58 bits per heavy atom. The number of carboxylic acid groups (broad SMARTS) is 1. The summed E-state index contributed by atoms with van der Waals surface area (Å²) < 4.78 is 0. The van der Waals surface area contributed by atoms with Crippen molar-refractivity contribution >= 4 is 5.97 Å². The van der Waals surface area contributed by atoms with Crippen LogP contribution in [0.1, 0.15) is 44.9 Å². The van der Waals surface area contributed by atoms with E-state index in [1.807, 2.05) is 7.05 Å². The molecule has 106 valence electrons. The summed E-state index contributed by atoms with van der Waals surface area (Å²) in [4.78, 5) is 12.1. The molecular formula is C16H25NO2. The molecule has 5 saturated carbocycles. The van der Waals surface area contributed by atoms with Gasteiger partial charge in [0.25, 0.3) is 0 Å². The third-order valence-electron chi connectivity index (χ3n) is 6.74. The highest BCUT2D eigenvalue weighted by molar-refractivity contribution is 5.80. The van der Waals surface area contributed by atoms with Gasteiger partial charge in [0, 0.05) is 0 Å². The zero-order valence-corrected chi connectivity index (χ0v) is 11.8. The van der Waals surface area contributed by atoms with Gasteiger partial charge in [-0.3, -0.25) is 4.79 Å². The molecule has 2 N–H and O–H groups in total. The predicted molar refractivity (Wildman–Crippen MR) is 72.7 cm³/mol. The Kier molecular flexibility index (Phi) is 2.55. The molecule has 5 aliphatic carbocycles. The second-order valence-electron chi connectivity index (χ2n) is 7.65. The van der Waals surface area contributed by atoms with Crippen LogP contribution in [-0.2, 0) is 4.79 Å². The van der Waals surface area contributed by atoms with Crippen LogP contribution < -0.4 is 5.32 Å². The number of likely N-dealkylation sites (N-methyl/N-ethyl adjacent to an activating group) is 1. The first-order valence-corrected chi connectivity index (χ1v) is 8.07. The number of hydrogen-bond donors (Lipinski definition) is 2. The Hall–Kier alpha value is -0.570. The third kappa shape index (κ3) is 1.57. The zero-order valence-electron chi connectivity index (χ0n) is 11.8. The van der Waals surface area contributed by atoms with Gasteiger partial charge < -0.3 is 10.4 Å². The highest BCUT2D eigenvalue weighted by Gasteiger charge is 2.63. The zero-order chi connectivity index (χ0) is 13.2. The van der Waals surface area contributed by atoms with E-state index in [4.69, 9.17) is 0 Å². The Balaban J connectivity index is 1.71. The summed E-state index contributed by atoms with van der Waals surface area (Å²) in [6.07, 6.45) is 8.87. The topological polar surface area (TPSA) is 49.3 Å². The van der Waals surface area contributed by atoms with Gasteiger partial charge in [-0.25, -0.2) is 0 Å². The quantitative estimate of drug-likeness (QED) is 0.819. The van der Waals surface area contributed by atoms with Crippen molar-refractivity contribution in [3.05, 3.63) is 0 Å². The largest absolute Gasteiger partial charge is 0.480 e. The van der Waals surface area contributed by atoms with Crippen molar-refractivity contribution in [1.82, 2.24) is 5.32 Å². The summed E-state index contributed by atoms with van der Waals surface area (Å²) in [7, 11) is 1.89. The molecule has 0 aromatic heterocycles. The van der Waals surface area contributed by atoms with Gasteiger partial charge in [0.2, 0.25) is 0 Å². The van der Waals surface area contributed by atoms with Crippen LogP contribution in [0.5, 0.6) is 0 Å². The van der Waals surface area contributed by atoms with Crippen molar-refractivity contribution in [2.45, 2.75) is 50.5 Å². The molecule has 1 unspecified atom stereocenters. The number of carbonyl (C=O) groups is 1. The number of rotatable bonds is 4. The van der Waals surface area contributed by atoms with Crippen molar-refractivity contribution < 1.29 is 9.90 Å². The maximum absolute atomic E-state index is 12.1. The molecule has 0 spiro atoms. The van der Waals surface area contributed by atoms with Crippen molar-refractivity contribution in [3.63, 3.8) is 0 Å². The predicted octanol–water partition coefficient (Wildman–Crippen LogP) is 2.51. The molecule has 5 rings (SSSR count). The SMILES string of the molecule is CNC(C(=O)O)(C1CC1)C1C2CC3CC(C2)CC1C3. The lowest BCUT2D eigenvalue weighted by Gasteiger charge is -2.59. The smallest absolute Gasteiger partial charge is 0.324 e. The van der Waals surface area contributed by atoms with Gasteiger partial charge in [-0.05, 0) is 87.5 Å². The summed E-state index contributed by atoms with van der Waals surface area (Å²) in [5.41, 5.74) is -0.609. The van der Waals surface area contributed by atoms with Crippen LogP contribution in [0, 0.1) is 35.5 Å². The minimum atomic E-state index is -0.609. The second kappa shape index (κ2) is 3.97. The Morgan fingerprint density at radius 3 is 1.95 bits per heavy atom. The van der Waals surface area contributed by atoms with Crippen LogP contribution in [-0.4, -0.2) is 23.7 Å². The van der Waals surface area contributed by atoms with Crippen LogP contribution in [0.25, 0.3) is 0 Å². The Bertz CT molecular complexity index is 376. The molecule has 1 atom stereocenters. The average Bonchev–Trinajstić information content (AvgIpc) is 3.17. The molecule has 0 amide bonds. The van der Waals surface area contributed by atoms with Gasteiger partial charge in [0.15, 0.2) is 0 Å². The first kappa shape index (κ1) is 12.2. The highest BCUT2D eigenvalue weighted by Crippen LogP contribution is 2.62. The molecule has 19 heavy (non-hydrogen) atoms. The monoisotopic (exact) mass is 263 g/mol. The first-order chi connectivity index (χ1) is 9.15. The lowest BCUT2D eigenvalue weighted by atomic mass is 9.47. The fourth-order valence-corrected chi connectivity index (χ4v) is 6.27. The highest BCUT2D eigenvalue weighted by atomic mass is 16.4. The summed E-state index contributed by atoms with van der Waals surface area (Å²) in [5.74, 6) is 3.41. The fraction of sp³-hybridized carbons (Fsp3) is 0.938. The molecule has 0 aliphatic heterocycles. The maximum atomic E-state index is 12.1. The van der Waals surface area contributed by atoms with Gasteiger partial charge in [-0.1, -0.05) is 0 Å². The molecule has 0 aromatic carbocycles. The molecule has 5 fully saturated rings. The first-order valence-electron chi connectivity index (χ1n) is 8.07. The van der Waals surface area contributed by atoms with E-state index < -0.39 is 11.5 Å². The van der Waals surface area contributed by atoms with Crippen LogP contribution in [0.2, 0.25) is 0 Å². The average molecular weight is 263 g/mol. The van der Waals surface area contributed by atoms with E-state index in [9.17, 15) is 9.90 Å². The minimum Gasteiger partial charge on any atom is -0.480 e. The normalized spacial score (nSPS) is 47.1. The standard InChI is InChI=1S/C16H25NO2/c1-17-16(15(18)19,13-2-3-13)14-11-5-9-4-10(7-11)8-12(14)6-9/h9-14,17H,2-8H2,1H3,(H,18,19). The number of nitrogens with one attached hydrogen (secondary N) is 1. The Labute approximate surface area is 115 Å². The van der Waals surface area contributed by atoms with Crippen molar-refractivity contribution in [2.24, 2.45) is 35.5 Å². The fourth-order valence-electron chi connectivity index (χ4n) is 6.27. The molecule has 0 aromatic rings. The molecule has 5 aliphatic rings. The van der Waals surface area contributed by atoms with Gasteiger partial charge in [0.05, 0.1) is 0 Å². The van der Waals surface area contributed by atoms with Crippen molar-refractivity contribution in [3.8, 4) is 0 Å². The van der Waals surface area contributed by atoms with Gasteiger partial charge in [-0.15, -0.1) is 0 Å². The van der Waals surface area contributed by atoms with Crippen LogP contribution in [0.4, 0.5) is 0 Å². The van der Waals surface area contributed by atoms with E-state index in [0.29, 0.717) is 23.7 Å². The lowest BCUT2D eigenvalue weighted by molar-refractivity contribution is -0.159. The van der Waals surface area contributed by atoms with Crippen molar-refractivity contribution in [1.29, 1.82) is 0 Å². The number of carboxylic acids is 1. The van der Waals surface area contributed by atoms with Gasteiger partial charge in [-0.2, -0.15) is 0 Å². The molecule has 0 saturated heterocycles. The van der Waals surface area contributed by atoms with E-state index >= 15 is 0 Å². The number of aliphatic carboxylic acids is 1. The Morgan fingerprint density at radius 1 is 1.05 bits per heavy atom. The minimum absolute atomic E-state index is 0.387. The summed E-state index contributed by atoms with van der Waals surface area (Å²) >= 11 is 0. The summed E-state index contributed by atoms with van der Waals surface area (Å²) in [6.45, 7) is 0. The van der Waals surface area contributed by atoms with Crippen LogP contribution >= 0.6 is 0 Å². The van der Waals surface area contributed by atoms with E-state index in [1.165, 1.54) is 32.1 Å². The van der Waals surface area contributed by atoms with Crippen LogP contribution in [0.15, 0.2) is 0 Å². The number of hydrogen-bond acceptors (Lipinski definition) is 2. The molecule has 3 nitrogen and oxygen atoms in total. The van der Waals surface area contributed by atoms with Gasteiger partial charge >= 0.3 is 5.97 Å². The summed E-state index contributed by atoms with van der Waals surface area (Å²) in [6, 6.07) is 0.